The minimum absolute atomic E-state index is 0.861. The molecule has 0 amide bonds. The lowest BCUT2D eigenvalue weighted by Crippen LogP contribution is -1.92. The van der Waals surface area contributed by atoms with Crippen LogP contribution in [0.3, 0.4) is 0 Å². The summed E-state index contributed by atoms with van der Waals surface area (Å²) >= 11 is 0. The molecule has 0 aliphatic rings. The van der Waals surface area contributed by atoms with Crippen molar-refractivity contribution < 1.29 is 13.9 Å². The van der Waals surface area contributed by atoms with Crippen molar-refractivity contribution in [3.8, 4) is 0 Å². The summed E-state index contributed by atoms with van der Waals surface area (Å²) in [6, 6.07) is 0. The van der Waals surface area contributed by atoms with Crippen LogP contribution in [0.5, 0.6) is 0 Å². The highest BCUT2D eigenvalue weighted by molar-refractivity contribution is 4.89. The van der Waals surface area contributed by atoms with E-state index in [1.807, 2.05) is 0 Å². The molecule has 0 aromatic rings. The fraction of sp³-hybridized carbons (Fsp3) is 0.500. The van der Waals surface area contributed by atoms with Crippen LogP contribution >= 0.6 is 0 Å². The van der Waals surface area contributed by atoms with Crippen LogP contribution in [0.2, 0.25) is 0 Å². The van der Waals surface area contributed by atoms with E-state index < -0.39 is 12.2 Å². The predicted octanol–water partition coefficient (Wildman–Crippen LogP) is 1.71. The zero-order valence-corrected chi connectivity index (χ0v) is 3.86. The molecule has 1 N–H and O–H groups in total. The van der Waals surface area contributed by atoms with Gasteiger partial charge >= 0.3 is 0 Å². The summed E-state index contributed by atoms with van der Waals surface area (Å²) in [4.78, 5) is 0. The quantitative estimate of drug-likeness (QED) is 0.507. The zero-order chi connectivity index (χ0) is 5.86. The van der Waals surface area contributed by atoms with Crippen molar-refractivity contribution in [2.75, 3.05) is 0 Å². The topological polar surface area (TPSA) is 20.2 Å². The first-order chi connectivity index (χ1) is 3.18. The largest absolute Gasteiger partial charge is 0.507 e. The molecule has 0 aromatic heterocycles. The summed E-state index contributed by atoms with van der Waals surface area (Å²) in [5.41, 5.74) is 0. The fourth-order valence-electron chi connectivity index (χ4n) is 0.126. The van der Waals surface area contributed by atoms with Gasteiger partial charge in [0, 0.05) is 0 Å². The molecule has 0 heterocycles. The van der Waals surface area contributed by atoms with Crippen LogP contribution in [-0.2, 0) is 0 Å². The van der Waals surface area contributed by atoms with Crippen LogP contribution in [0.1, 0.15) is 6.92 Å². The Bertz CT molecular complexity index is 77.8. The van der Waals surface area contributed by atoms with Crippen LogP contribution < -0.4 is 0 Å². The molecule has 3 heteroatoms. The van der Waals surface area contributed by atoms with E-state index >= 15 is 0 Å². The average Bonchev–Trinajstić information content (AvgIpc) is 1.65. The number of alkyl halides is 2. The molecule has 0 bridgehead atoms. The van der Waals surface area contributed by atoms with E-state index in [2.05, 4.69) is 0 Å². The number of halogens is 2. The number of rotatable bonds is 1. The maximum absolute atomic E-state index is 11.1. The average molecular weight is 108 g/mol. The van der Waals surface area contributed by atoms with Gasteiger partial charge in [-0.15, -0.1) is 0 Å². The van der Waals surface area contributed by atoms with E-state index in [4.69, 9.17) is 5.11 Å². The first-order valence-corrected chi connectivity index (χ1v) is 1.81. The Morgan fingerprint density at radius 1 is 1.71 bits per heavy atom. The van der Waals surface area contributed by atoms with Crippen LogP contribution in [0.25, 0.3) is 0 Å². The molecule has 42 valence electrons. The summed E-state index contributed by atoms with van der Waals surface area (Å²) in [5, 5.41) is 8.05. The molecule has 0 aromatic carbocycles. The van der Waals surface area contributed by atoms with Crippen molar-refractivity contribution in [3.05, 3.63) is 11.8 Å². The maximum Gasteiger partial charge on any atom is 0.294 e. The van der Waals surface area contributed by atoms with Gasteiger partial charge < -0.3 is 5.11 Å². The molecule has 1 nitrogen and oxygen atoms in total. The third-order valence-electron chi connectivity index (χ3n) is 0.519. The molecule has 0 unspecified atom stereocenters. The molecule has 0 aliphatic heterocycles. The van der Waals surface area contributed by atoms with Gasteiger partial charge in [-0.1, -0.05) is 0 Å². The second-order valence-corrected chi connectivity index (χ2v) is 1.01. The van der Waals surface area contributed by atoms with Gasteiger partial charge in [-0.3, -0.25) is 0 Å². The van der Waals surface area contributed by atoms with E-state index in [1.165, 1.54) is 6.92 Å². The van der Waals surface area contributed by atoms with Crippen molar-refractivity contribution in [1.29, 1.82) is 0 Å². The Balaban J connectivity index is 3.56. The smallest absolute Gasteiger partial charge is 0.294 e. The lowest BCUT2D eigenvalue weighted by molar-refractivity contribution is 0.129. The Morgan fingerprint density at radius 2 is 2.14 bits per heavy atom. The van der Waals surface area contributed by atoms with Gasteiger partial charge in [-0.2, -0.15) is 0 Å². The van der Waals surface area contributed by atoms with Crippen LogP contribution in [0, 0.1) is 0 Å². The molecule has 0 saturated heterocycles. The van der Waals surface area contributed by atoms with Crippen molar-refractivity contribution >= 4 is 0 Å². The molecule has 0 fully saturated rings. The van der Waals surface area contributed by atoms with E-state index in [1.54, 1.807) is 0 Å². The summed E-state index contributed by atoms with van der Waals surface area (Å²) < 4.78 is 22.2. The number of hydrogen-bond donors (Lipinski definition) is 1. The summed E-state index contributed by atoms with van der Waals surface area (Å²) in [6.45, 7) is 1.35. The zero-order valence-electron chi connectivity index (χ0n) is 3.86. The van der Waals surface area contributed by atoms with Gasteiger partial charge in [0.25, 0.3) is 6.43 Å². The van der Waals surface area contributed by atoms with Gasteiger partial charge in [-0.25, -0.2) is 8.78 Å². The predicted molar refractivity (Wildman–Crippen MR) is 22.4 cm³/mol. The van der Waals surface area contributed by atoms with Crippen LogP contribution in [0.4, 0.5) is 8.78 Å². The Morgan fingerprint density at radius 3 is 2.14 bits per heavy atom. The molecular formula is C4H6F2O. The van der Waals surface area contributed by atoms with Gasteiger partial charge in [0.2, 0.25) is 0 Å². The standard InChI is InChI=1S/C4H6F2O/c1-2-3(7)4(5)6/h2,4,7H,1H3/b3-2-. The van der Waals surface area contributed by atoms with Gasteiger partial charge in [0.05, 0.1) is 0 Å². The van der Waals surface area contributed by atoms with Crippen molar-refractivity contribution in [2.45, 2.75) is 13.3 Å². The third-order valence-corrected chi connectivity index (χ3v) is 0.519. The highest BCUT2D eigenvalue weighted by Crippen LogP contribution is 2.01. The minimum atomic E-state index is -2.72. The van der Waals surface area contributed by atoms with E-state index in [0.717, 1.165) is 6.08 Å². The first-order valence-electron chi connectivity index (χ1n) is 1.81. The van der Waals surface area contributed by atoms with E-state index in [0.29, 0.717) is 0 Å². The van der Waals surface area contributed by atoms with Crippen LogP contribution in [-0.4, -0.2) is 11.5 Å². The Hall–Kier alpha value is -0.600. The molecule has 0 spiro atoms. The summed E-state index contributed by atoms with van der Waals surface area (Å²) in [7, 11) is 0. The number of hydrogen-bond acceptors (Lipinski definition) is 1. The van der Waals surface area contributed by atoms with E-state index in [9.17, 15) is 8.78 Å². The SMILES string of the molecule is C/C=C(\O)C(F)F. The maximum atomic E-state index is 11.1. The fourth-order valence-corrected chi connectivity index (χ4v) is 0.126. The van der Waals surface area contributed by atoms with Crippen LogP contribution in [0.15, 0.2) is 11.8 Å². The molecule has 7 heavy (non-hydrogen) atoms. The molecule has 0 radical (unpaired) electrons. The van der Waals surface area contributed by atoms with Crippen molar-refractivity contribution in [2.24, 2.45) is 0 Å². The minimum Gasteiger partial charge on any atom is -0.507 e. The molecular weight excluding hydrogens is 102 g/mol. The summed E-state index contributed by atoms with van der Waals surface area (Å²) in [5.74, 6) is -0.861. The lowest BCUT2D eigenvalue weighted by Gasteiger charge is -1.91. The van der Waals surface area contributed by atoms with Crippen molar-refractivity contribution in [3.63, 3.8) is 0 Å². The molecule has 0 saturated carbocycles. The first kappa shape index (κ1) is 6.40. The number of aliphatic hydroxyl groups excluding tert-OH is 1. The van der Waals surface area contributed by atoms with Crippen molar-refractivity contribution in [1.82, 2.24) is 0 Å². The molecule has 0 atom stereocenters. The van der Waals surface area contributed by atoms with E-state index in [-0.39, 0.29) is 0 Å². The Labute approximate surface area is 40.3 Å². The normalized spacial score (nSPS) is 12.9. The number of aliphatic hydroxyl groups is 1. The lowest BCUT2D eigenvalue weighted by atomic mass is 10.5. The summed E-state index contributed by atoms with van der Waals surface area (Å²) in [6.07, 6.45) is -1.75. The number of allylic oxidation sites excluding steroid dienone is 2. The second kappa shape index (κ2) is 2.55. The Kier molecular flexibility index (Phi) is 2.33. The second-order valence-electron chi connectivity index (χ2n) is 1.01. The third kappa shape index (κ3) is 2.14. The molecule has 0 aliphatic carbocycles. The molecule has 0 rings (SSSR count). The monoisotopic (exact) mass is 108 g/mol. The van der Waals surface area contributed by atoms with Gasteiger partial charge in [-0.05, 0) is 13.0 Å². The van der Waals surface area contributed by atoms with Gasteiger partial charge in [0.15, 0.2) is 5.76 Å². The van der Waals surface area contributed by atoms with Gasteiger partial charge in [0.1, 0.15) is 0 Å². The highest BCUT2D eigenvalue weighted by atomic mass is 19.3. The highest BCUT2D eigenvalue weighted by Gasteiger charge is 2.04.